The minimum absolute atomic E-state index is 0.0323. The molecule has 0 atom stereocenters. The van der Waals surface area contributed by atoms with Crippen LogP contribution in [0.5, 0.6) is 0 Å². The third kappa shape index (κ3) is 5.47. The van der Waals surface area contributed by atoms with Crippen molar-refractivity contribution in [3.05, 3.63) is 102 Å². The summed E-state index contributed by atoms with van der Waals surface area (Å²) in [7, 11) is 0. The summed E-state index contributed by atoms with van der Waals surface area (Å²) in [5.74, 6) is -0.0419. The number of aromatic nitrogens is 1. The number of carbonyl (C=O) groups is 1. The van der Waals surface area contributed by atoms with E-state index in [9.17, 15) is 4.79 Å². The lowest BCUT2D eigenvalue weighted by atomic mass is 9.72. The number of hydrogen-bond donors (Lipinski definition) is 1. The Morgan fingerprint density at radius 1 is 1.00 bits per heavy atom. The van der Waals surface area contributed by atoms with Gasteiger partial charge in [0.2, 0.25) is 5.91 Å². The van der Waals surface area contributed by atoms with Gasteiger partial charge < -0.3 is 5.32 Å². The lowest BCUT2D eigenvalue weighted by Gasteiger charge is -2.40. The Hall–Kier alpha value is -3.24. The molecule has 3 aromatic rings. The average Bonchev–Trinajstić information content (AvgIpc) is 2.81. The molecule has 0 unspecified atom stereocenters. The lowest BCUT2D eigenvalue weighted by molar-refractivity contribution is -0.114. The maximum atomic E-state index is 11.2. The highest BCUT2D eigenvalue weighted by atomic mass is 16.1. The fourth-order valence-electron chi connectivity index (χ4n) is 4.32. The molecule has 31 heavy (non-hydrogen) atoms. The van der Waals surface area contributed by atoms with E-state index in [-0.39, 0.29) is 11.3 Å². The number of likely N-dealkylation sites (tertiary alicyclic amines) is 1. The van der Waals surface area contributed by atoms with Gasteiger partial charge in [-0.15, -0.1) is 0 Å². The summed E-state index contributed by atoms with van der Waals surface area (Å²) in [5.41, 5.74) is 4.72. The molecule has 1 aromatic heterocycles. The van der Waals surface area contributed by atoms with Crippen LogP contribution in [0.15, 0.2) is 85.2 Å². The van der Waals surface area contributed by atoms with E-state index in [2.05, 4.69) is 82.0 Å². The maximum Gasteiger partial charge on any atom is 0.221 e. The molecule has 0 bridgehead atoms. The van der Waals surface area contributed by atoms with E-state index in [1.807, 2.05) is 24.5 Å². The van der Waals surface area contributed by atoms with Crippen molar-refractivity contribution in [1.82, 2.24) is 9.88 Å². The molecule has 1 aliphatic rings. The van der Waals surface area contributed by atoms with Crippen molar-refractivity contribution < 1.29 is 4.79 Å². The molecular weight excluding hydrogens is 382 g/mol. The number of carbonyl (C=O) groups excluding carboxylic acids is 1. The number of nitrogens with zero attached hydrogens (tertiary/aromatic N) is 2. The normalized spacial score (nSPS) is 16.3. The molecule has 1 saturated heterocycles. The molecule has 1 N–H and O–H groups in total. The van der Waals surface area contributed by atoms with Crippen molar-refractivity contribution in [3.63, 3.8) is 0 Å². The minimum atomic E-state index is -0.0419. The van der Waals surface area contributed by atoms with Crippen LogP contribution in [0.25, 0.3) is 6.08 Å². The van der Waals surface area contributed by atoms with E-state index >= 15 is 0 Å². The highest BCUT2D eigenvalue weighted by Crippen LogP contribution is 2.37. The highest BCUT2D eigenvalue weighted by Gasteiger charge is 2.33. The summed E-state index contributed by atoms with van der Waals surface area (Å²) in [6, 6.07) is 23.0. The molecule has 1 amide bonds. The monoisotopic (exact) mass is 411 g/mol. The van der Waals surface area contributed by atoms with Crippen LogP contribution in [-0.2, 0) is 16.8 Å². The zero-order valence-electron chi connectivity index (χ0n) is 18.0. The second kappa shape index (κ2) is 9.71. The van der Waals surface area contributed by atoms with Crippen LogP contribution in [-0.4, -0.2) is 28.9 Å². The van der Waals surface area contributed by atoms with Gasteiger partial charge in [-0.3, -0.25) is 14.7 Å². The number of anilines is 1. The van der Waals surface area contributed by atoms with Gasteiger partial charge in [-0.1, -0.05) is 54.6 Å². The van der Waals surface area contributed by atoms with Crippen molar-refractivity contribution in [2.24, 2.45) is 0 Å². The Labute approximate surface area is 184 Å². The lowest BCUT2D eigenvalue weighted by Crippen LogP contribution is -2.41. The van der Waals surface area contributed by atoms with E-state index in [1.54, 1.807) is 0 Å². The predicted molar refractivity (Wildman–Crippen MR) is 127 cm³/mol. The van der Waals surface area contributed by atoms with Crippen LogP contribution < -0.4 is 5.32 Å². The molecule has 0 aliphatic carbocycles. The summed E-state index contributed by atoms with van der Waals surface area (Å²) >= 11 is 0. The molecule has 1 fully saturated rings. The van der Waals surface area contributed by atoms with Gasteiger partial charge in [0.1, 0.15) is 0 Å². The second-order valence-corrected chi connectivity index (χ2v) is 8.29. The smallest absolute Gasteiger partial charge is 0.221 e. The third-order valence-electron chi connectivity index (χ3n) is 6.08. The van der Waals surface area contributed by atoms with Crippen molar-refractivity contribution in [3.8, 4) is 0 Å². The maximum absolute atomic E-state index is 11.2. The first-order valence-electron chi connectivity index (χ1n) is 10.9. The largest absolute Gasteiger partial charge is 0.326 e. The van der Waals surface area contributed by atoms with Gasteiger partial charge in [-0.2, -0.15) is 0 Å². The number of pyridine rings is 1. The van der Waals surface area contributed by atoms with Gasteiger partial charge in [0, 0.05) is 37.0 Å². The molecule has 0 radical (unpaired) electrons. The van der Waals surface area contributed by atoms with E-state index < -0.39 is 0 Å². The summed E-state index contributed by atoms with van der Waals surface area (Å²) in [6.45, 7) is 4.53. The first-order valence-corrected chi connectivity index (χ1v) is 10.9. The van der Waals surface area contributed by atoms with Crippen molar-refractivity contribution >= 4 is 17.7 Å². The fraction of sp³-hybridized carbons (Fsp3) is 0.259. The fourth-order valence-corrected chi connectivity index (χ4v) is 4.32. The van der Waals surface area contributed by atoms with E-state index in [0.29, 0.717) is 0 Å². The van der Waals surface area contributed by atoms with Gasteiger partial charge >= 0.3 is 0 Å². The minimum Gasteiger partial charge on any atom is -0.326 e. The Morgan fingerprint density at radius 2 is 1.68 bits per heavy atom. The molecule has 0 spiro atoms. The molecular formula is C27H29N3O. The Bertz CT molecular complexity index is 1010. The van der Waals surface area contributed by atoms with Gasteiger partial charge in [-0.25, -0.2) is 0 Å². The predicted octanol–water partition coefficient (Wildman–Crippen LogP) is 5.29. The van der Waals surface area contributed by atoms with E-state index in [0.717, 1.165) is 38.2 Å². The quantitative estimate of drug-likeness (QED) is 0.600. The van der Waals surface area contributed by atoms with Crippen LogP contribution >= 0.6 is 0 Å². The van der Waals surface area contributed by atoms with Gasteiger partial charge in [0.15, 0.2) is 0 Å². The first-order chi connectivity index (χ1) is 15.1. The van der Waals surface area contributed by atoms with Crippen molar-refractivity contribution in [1.29, 1.82) is 0 Å². The number of allylic oxidation sites excluding steroid dienone is 1. The van der Waals surface area contributed by atoms with Crippen molar-refractivity contribution in [2.45, 2.75) is 31.7 Å². The van der Waals surface area contributed by atoms with Crippen LogP contribution in [0.3, 0.4) is 0 Å². The summed E-state index contributed by atoms with van der Waals surface area (Å²) in [4.78, 5) is 17.9. The Balaban J connectivity index is 1.46. The molecule has 2 aromatic carbocycles. The van der Waals surface area contributed by atoms with E-state index in [1.165, 1.54) is 23.6 Å². The summed E-state index contributed by atoms with van der Waals surface area (Å²) in [6.07, 6.45) is 10.6. The number of nitrogens with one attached hydrogen (secondary N) is 1. The SMILES string of the molecule is CC(=O)Nc1ccc(CN2CCC(/C=C/c3ccccc3)(c3ccncc3)CC2)cc1. The van der Waals surface area contributed by atoms with Gasteiger partial charge in [0.05, 0.1) is 0 Å². The Kier molecular flexibility index (Phi) is 6.58. The summed E-state index contributed by atoms with van der Waals surface area (Å²) < 4.78 is 0. The molecule has 4 nitrogen and oxygen atoms in total. The third-order valence-corrected chi connectivity index (χ3v) is 6.08. The van der Waals surface area contributed by atoms with E-state index in [4.69, 9.17) is 0 Å². The average molecular weight is 412 g/mol. The number of piperidine rings is 1. The second-order valence-electron chi connectivity index (χ2n) is 8.29. The van der Waals surface area contributed by atoms with Gasteiger partial charge in [-0.05, 0) is 66.9 Å². The molecule has 158 valence electrons. The highest BCUT2D eigenvalue weighted by molar-refractivity contribution is 5.88. The zero-order chi connectivity index (χ0) is 21.5. The first kappa shape index (κ1) is 21.0. The number of benzene rings is 2. The molecule has 0 saturated carbocycles. The molecule has 1 aliphatic heterocycles. The Morgan fingerprint density at radius 3 is 2.32 bits per heavy atom. The molecule has 4 heteroatoms. The molecule has 4 rings (SSSR count). The van der Waals surface area contributed by atoms with Crippen LogP contribution in [0.1, 0.15) is 36.5 Å². The number of amides is 1. The van der Waals surface area contributed by atoms with Crippen LogP contribution in [0.4, 0.5) is 5.69 Å². The van der Waals surface area contributed by atoms with Crippen LogP contribution in [0, 0.1) is 0 Å². The number of rotatable bonds is 6. The summed E-state index contributed by atoms with van der Waals surface area (Å²) in [5, 5.41) is 2.83. The van der Waals surface area contributed by atoms with Crippen molar-refractivity contribution in [2.75, 3.05) is 18.4 Å². The van der Waals surface area contributed by atoms with Crippen LogP contribution in [0.2, 0.25) is 0 Å². The molecule has 2 heterocycles. The zero-order valence-corrected chi connectivity index (χ0v) is 18.0. The standard InChI is InChI=1S/C27H29N3O/c1-22(31)29-26-9-7-24(8-10-26)21-30-19-15-27(16-20-30,25-12-17-28-18-13-25)14-11-23-5-3-2-4-6-23/h2-14,17-18H,15-16,19-21H2,1H3,(H,29,31)/b14-11+. The number of hydrogen-bond acceptors (Lipinski definition) is 3. The topological polar surface area (TPSA) is 45.2 Å². The van der Waals surface area contributed by atoms with Gasteiger partial charge in [0.25, 0.3) is 0 Å².